The van der Waals surface area contributed by atoms with Gasteiger partial charge in [-0.1, -0.05) is 83.6 Å². The summed E-state index contributed by atoms with van der Waals surface area (Å²) in [6.45, 7) is 5.83. The normalized spacial score (nSPS) is 13.9. The summed E-state index contributed by atoms with van der Waals surface area (Å²) in [6, 6.07) is 0. The molecule has 0 saturated heterocycles. The van der Waals surface area contributed by atoms with Crippen molar-refractivity contribution in [1.82, 2.24) is 0 Å². The third-order valence-electron chi connectivity index (χ3n) is 6.44. The van der Waals surface area contributed by atoms with E-state index in [2.05, 4.69) is 13.5 Å². The molecule has 0 rings (SSSR count). The maximum atomic E-state index is 12.4. The molecule has 236 valence electrons. The Morgan fingerprint density at radius 1 is 0.800 bits per heavy atom. The first-order chi connectivity index (χ1) is 19.0. The van der Waals surface area contributed by atoms with Crippen LogP contribution in [0.4, 0.5) is 0 Å². The molecule has 0 aliphatic carbocycles. The molecular weight excluding hydrogens is 533 g/mol. The molecule has 0 aromatic heterocycles. The fourth-order valence-corrected chi connectivity index (χ4v) is 4.67. The minimum Gasteiger partial charge on any atom is -0.462 e. The van der Waals surface area contributed by atoms with Gasteiger partial charge < -0.3 is 18.9 Å². The van der Waals surface area contributed by atoms with E-state index in [1.54, 1.807) is 0 Å². The Labute approximate surface area is 244 Å². The van der Waals surface area contributed by atoms with E-state index in [-0.39, 0.29) is 32.0 Å². The van der Waals surface area contributed by atoms with Crippen LogP contribution in [-0.4, -0.2) is 74.9 Å². The summed E-state index contributed by atoms with van der Waals surface area (Å²) in [6.07, 6.45) is 17.6. The third kappa shape index (κ3) is 26.9. The molecule has 0 bridgehead atoms. The van der Waals surface area contributed by atoms with E-state index >= 15 is 0 Å². The molecule has 0 aromatic rings. The van der Waals surface area contributed by atoms with Crippen LogP contribution in [0.15, 0.2) is 12.7 Å². The number of quaternary nitrogens is 1. The van der Waals surface area contributed by atoms with Gasteiger partial charge in [0, 0.05) is 12.8 Å². The van der Waals surface area contributed by atoms with Crippen molar-refractivity contribution < 1.29 is 42.1 Å². The molecule has 0 spiro atoms. The Morgan fingerprint density at radius 2 is 1.32 bits per heavy atom. The quantitative estimate of drug-likeness (QED) is 0.0336. The maximum Gasteiger partial charge on any atom is 0.472 e. The highest BCUT2D eigenvalue weighted by atomic mass is 31.2. The number of unbranched alkanes of at least 4 members (excludes halogenated alkanes) is 13. The van der Waals surface area contributed by atoms with E-state index in [1.165, 1.54) is 38.5 Å². The van der Waals surface area contributed by atoms with Gasteiger partial charge in [0.15, 0.2) is 6.10 Å². The second-order valence-corrected chi connectivity index (χ2v) is 13.0. The molecule has 0 radical (unpaired) electrons. The van der Waals surface area contributed by atoms with Crippen LogP contribution in [0, 0.1) is 0 Å². The van der Waals surface area contributed by atoms with Crippen molar-refractivity contribution in [2.24, 2.45) is 0 Å². The van der Waals surface area contributed by atoms with E-state index < -0.39 is 26.5 Å². The molecule has 40 heavy (non-hydrogen) atoms. The van der Waals surface area contributed by atoms with Crippen molar-refractivity contribution >= 4 is 19.8 Å². The van der Waals surface area contributed by atoms with Gasteiger partial charge in [-0.25, -0.2) is 4.57 Å². The van der Waals surface area contributed by atoms with Crippen LogP contribution in [0.2, 0.25) is 0 Å². The standard InChI is InChI=1S/C30H58NO8P/c1-6-8-10-12-14-15-17-18-20-22-29(32)36-26-28(27-38-40(34,35)37-25-24-31(3,4)5)39-30(33)23-21-19-16-13-11-9-7-2/h7,28H,2,6,8-27H2,1,3-5H3/p+1/t28-/m0/s1. The van der Waals surface area contributed by atoms with Crippen LogP contribution < -0.4 is 0 Å². The first kappa shape index (κ1) is 38.8. The Morgan fingerprint density at radius 3 is 1.88 bits per heavy atom. The van der Waals surface area contributed by atoms with Crippen LogP contribution in [0.1, 0.15) is 116 Å². The predicted octanol–water partition coefficient (Wildman–Crippen LogP) is 7.12. The third-order valence-corrected chi connectivity index (χ3v) is 7.43. The monoisotopic (exact) mass is 592 g/mol. The zero-order chi connectivity index (χ0) is 30.1. The summed E-state index contributed by atoms with van der Waals surface area (Å²) < 4.78 is 33.8. The van der Waals surface area contributed by atoms with E-state index in [1.807, 2.05) is 27.2 Å². The molecular formula is C30H59NO8P+. The molecule has 2 atom stereocenters. The predicted molar refractivity (Wildman–Crippen MR) is 160 cm³/mol. The van der Waals surface area contributed by atoms with Crippen molar-refractivity contribution in [2.45, 2.75) is 122 Å². The smallest absolute Gasteiger partial charge is 0.462 e. The average molecular weight is 593 g/mol. The zero-order valence-electron chi connectivity index (χ0n) is 25.9. The van der Waals surface area contributed by atoms with Gasteiger partial charge >= 0.3 is 19.8 Å². The Hall–Kier alpha value is -1.25. The van der Waals surface area contributed by atoms with Gasteiger partial charge in [0.1, 0.15) is 19.8 Å². The molecule has 0 amide bonds. The van der Waals surface area contributed by atoms with E-state index in [9.17, 15) is 19.0 Å². The molecule has 0 aliphatic rings. The number of hydrogen-bond donors (Lipinski definition) is 1. The second kappa shape index (κ2) is 24.4. The molecule has 1 unspecified atom stereocenters. The number of esters is 2. The minimum absolute atomic E-state index is 0.0300. The minimum atomic E-state index is -4.35. The molecule has 10 heteroatoms. The molecule has 0 aromatic carbocycles. The van der Waals surface area contributed by atoms with Crippen molar-refractivity contribution in [3.05, 3.63) is 12.7 Å². The van der Waals surface area contributed by atoms with E-state index in [0.717, 1.165) is 51.4 Å². The number of ether oxygens (including phenoxy) is 2. The van der Waals surface area contributed by atoms with Gasteiger partial charge in [-0.3, -0.25) is 18.6 Å². The Bertz CT molecular complexity index is 710. The molecule has 0 aliphatic heterocycles. The number of allylic oxidation sites excluding steroid dienone is 1. The zero-order valence-corrected chi connectivity index (χ0v) is 26.8. The van der Waals surface area contributed by atoms with Crippen molar-refractivity contribution in [3.8, 4) is 0 Å². The topological polar surface area (TPSA) is 108 Å². The van der Waals surface area contributed by atoms with Crippen LogP contribution >= 0.6 is 7.82 Å². The number of phosphoric ester groups is 1. The highest BCUT2D eigenvalue weighted by Crippen LogP contribution is 2.43. The average Bonchev–Trinajstić information content (AvgIpc) is 2.88. The summed E-state index contributed by atoms with van der Waals surface area (Å²) in [5.74, 6) is -0.830. The summed E-state index contributed by atoms with van der Waals surface area (Å²) in [4.78, 5) is 34.7. The second-order valence-electron chi connectivity index (χ2n) is 11.6. The largest absolute Gasteiger partial charge is 0.472 e. The SMILES string of the molecule is C=CCCCCCCCC(=O)O[C@@H](COC(=O)CCCCCCCCCCC)COP(=O)(O)OCC[N+](C)(C)C. The number of rotatable bonds is 28. The number of carbonyl (C=O) groups excluding carboxylic acids is 2. The highest BCUT2D eigenvalue weighted by molar-refractivity contribution is 7.47. The van der Waals surface area contributed by atoms with Gasteiger partial charge in [-0.05, 0) is 25.7 Å². The Kier molecular flexibility index (Phi) is 23.6. The van der Waals surface area contributed by atoms with Crippen LogP contribution in [-0.2, 0) is 32.7 Å². The number of hydrogen-bond acceptors (Lipinski definition) is 7. The van der Waals surface area contributed by atoms with Crippen LogP contribution in [0.25, 0.3) is 0 Å². The number of carbonyl (C=O) groups is 2. The number of nitrogens with zero attached hydrogens (tertiary/aromatic N) is 1. The first-order valence-corrected chi connectivity index (χ1v) is 16.9. The molecule has 0 fully saturated rings. The Balaban J connectivity index is 4.53. The molecule has 0 saturated carbocycles. The fourth-order valence-electron chi connectivity index (χ4n) is 3.93. The highest BCUT2D eigenvalue weighted by Gasteiger charge is 2.27. The lowest BCUT2D eigenvalue weighted by Crippen LogP contribution is -2.37. The van der Waals surface area contributed by atoms with E-state index in [0.29, 0.717) is 17.4 Å². The van der Waals surface area contributed by atoms with Gasteiger partial charge in [0.05, 0.1) is 27.7 Å². The lowest BCUT2D eigenvalue weighted by atomic mass is 10.1. The summed E-state index contributed by atoms with van der Waals surface area (Å²) in [5.41, 5.74) is 0. The maximum absolute atomic E-state index is 12.4. The van der Waals surface area contributed by atoms with Gasteiger partial charge in [0.25, 0.3) is 0 Å². The lowest BCUT2D eigenvalue weighted by Gasteiger charge is -2.24. The van der Waals surface area contributed by atoms with Crippen LogP contribution in [0.3, 0.4) is 0 Å². The lowest BCUT2D eigenvalue weighted by molar-refractivity contribution is -0.870. The van der Waals surface area contributed by atoms with E-state index in [4.69, 9.17) is 18.5 Å². The van der Waals surface area contributed by atoms with Gasteiger partial charge in [-0.15, -0.1) is 6.58 Å². The summed E-state index contributed by atoms with van der Waals surface area (Å²) in [7, 11) is 1.46. The van der Waals surface area contributed by atoms with Crippen molar-refractivity contribution in [3.63, 3.8) is 0 Å². The van der Waals surface area contributed by atoms with Crippen LogP contribution in [0.5, 0.6) is 0 Å². The summed E-state index contributed by atoms with van der Waals surface area (Å²) in [5, 5.41) is 0. The fraction of sp³-hybridized carbons (Fsp3) is 0.867. The number of likely N-dealkylation sites (N-methyl/N-ethyl adjacent to an activating group) is 1. The van der Waals surface area contributed by atoms with Gasteiger partial charge in [-0.2, -0.15) is 0 Å². The molecule has 1 N–H and O–H groups in total. The van der Waals surface area contributed by atoms with Crippen molar-refractivity contribution in [1.29, 1.82) is 0 Å². The molecule has 9 nitrogen and oxygen atoms in total. The van der Waals surface area contributed by atoms with Gasteiger partial charge in [0.2, 0.25) is 0 Å². The van der Waals surface area contributed by atoms with Crippen molar-refractivity contribution in [2.75, 3.05) is 47.5 Å². The summed E-state index contributed by atoms with van der Waals surface area (Å²) >= 11 is 0. The molecule has 0 heterocycles. The number of phosphoric acid groups is 1. The first-order valence-electron chi connectivity index (χ1n) is 15.4.